The summed E-state index contributed by atoms with van der Waals surface area (Å²) in [4.78, 5) is 0. The molecule has 0 spiro atoms. The fourth-order valence-electron chi connectivity index (χ4n) is 1.65. The van der Waals surface area contributed by atoms with Gasteiger partial charge in [-0.25, -0.2) is 0 Å². The predicted octanol–water partition coefficient (Wildman–Crippen LogP) is 3.55. The van der Waals surface area contributed by atoms with Gasteiger partial charge in [0, 0.05) is 29.9 Å². The van der Waals surface area contributed by atoms with E-state index in [2.05, 4.69) is 26.1 Å². The van der Waals surface area contributed by atoms with E-state index in [1.807, 2.05) is 18.2 Å². The van der Waals surface area contributed by atoms with Crippen LogP contribution in [0.25, 0.3) is 0 Å². The lowest BCUT2D eigenvalue weighted by atomic mass is 10.0. The van der Waals surface area contributed by atoms with Crippen molar-refractivity contribution in [2.75, 3.05) is 19.5 Å². The number of methoxy groups -OCH3 is 2. The summed E-state index contributed by atoms with van der Waals surface area (Å²) >= 11 is 0. The van der Waals surface area contributed by atoms with E-state index in [1.54, 1.807) is 14.2 Å². The molecule has 1 N–H and O–H groups in total. The Morgan fingerprint density at radius 3 is 2.00 bits per heavy atom. The van der Waals surface area contributed by atoms with Crippen molar-refractivity contribution in [1.82, 2.24) is 0 Å². The highest BCUT2D eigenvalue weighted by atomic mass is 16.5. The summed E-state index contributed by atoms with van der Waals surface area (Å²) in [6.45, 7) is 6.64. The second kappa shape index (κ2) is 6.38. The van der Waals surface area contributed by atoms with Crippen molar-refractivity contribution < 1.29 is 9.47 Å². The highest BCUT2D eigenvalue weighted by Crippen LogP contribution is 2.27. The second-order valence-electron chi connectivity index (χ2n) is 4.42. The lowest BCUT2D eigenvalue weighted by Crippen LogP contribution is -2.23. The summed E-state index contributed by atoms with van der Waals surface area (Å²) in [6, 6.07) is 6.28. The average Bonchev–Trinajstić information content (AvgIpc) is 2.36. The smallest absolute Gasteiger partial charge is 0.124 e. The van der Waals surface area contributed by atoms with Crippen LogP contribution in [0.15, 0.2) is 18.2 Å². The van der Waals surface area contributed by atoms with E-state index in [1.165, 1.54) is 0 Å². The Morgan fingerprint density at radius 1 is 1.06 bits per heavy atom. The van der Waals surface area contributed by atoms with Crippen molar-refractivity contribution in [2.45, 2.75) is 33.2 Å². The largest absolute Gasteiger partial charge is 0.497 e. The molecule has 0 radical (unpaired) electrons. The molecule has 0 aromatic heterocycles. The monoisotopic (exact) mass is 237 g/mol. The molecule has 0 aliphatic heterocycles. The standard InChI is InChI=1S/C14H23NO2/c1-6-10(2)11(3)15-12-7-13(16-4)9-14(8-12)17-5/h7-11,15H,6H2,1-5H3. The highest BCUT2D eigenvalue weighted by Gasteiger charge is 2.11. The van der Waals surface area contributed by atoms with Crippen LogP contribution < -0.4 is 14.8 Å². The van der Waals surface area contributed by atoms with Crippen LogP contribution >= 0.6 is 0 Å². The molecule has 0 fully saturated rings. The summed E-state index contributed by atoms with van der Waals surface area (Å²) < 4.78 is 10.5. The zero-order valence-corrected chi connectivity index (χ0v) is 11.4. The van der Waals surface area contributed by atoms with Gasteiger partial charge in [0.25, 0.3) is 0 Å². The van der Waals surface area contributed by atoms with Crippen LogP contribution in [0.2, 0.25) is 0 Å². The van der Waals surface area contributed by atoms with E-state index >= 15 is 0 Å². The Bertz CT molecular complexity index is 330. The van der Waals surface area contributed by atoms with Crippen LogP contribution in [0.4, 0.5) is 5.69 Å². The Labute approximate surface area is 104 Å². The minimum absolute atomic E-state index is 0.428. The Hall–Kier alpha value is -1.38. The first kappa shape index (κ1) is 13.7. The van der Waals surface area contributed by atoms with Crippen LogP contribution in [0.5, 0.6) is 11.5 Å². The number of rotatable bonds is 6. The molecular weight excluding hydrogens is 214 g/mol. The van der Waals surface area contributed by atoms with Crippen molar-refractivity contribution in [3.05, 3.63) is 18.2 Å². The molecule has 0 amide bonds. The molecule has 3 nitrogen and oxygen atoms in total. The molecule has 0 saturated heterocycles. The summed E-state index contributed by atoms with van der Waals surface area (Å²) in [6.07, 6.45) is 1.16. The molecule has 0 saturated carbocycles. The van der Waals surface area contributed by atoms with Gasteiger partial charge in [-0.1, -0.05) is 20.3 Å². The van der Waals surface area contributed by atoms with Crippen LogP contribution in [0.3, 0.4) is 0 Å². The zero-order chi connectivity index (χ0) is 12.8. The van der Waals surface area contributed by atoms with Gasteiger partial charge in [0.2, 0.25) is 0 Å². The van der Waals surface area contributed by atoms with E-state index in [4.69, 9.17) is 9.47 Å². The van der Waals surface area contributed by atoms with Gasteiger partial charge in [0.15, 0.2) is 0 Å². The average molecular weight is 237 g/mol. The van der Waals surface area contributed by atoms with Gasteiger partial charge in [0.05, 0.1) is 14.2 Å². The number of hydrogen-bond donors (Lipinski definition) is 1. The molecule has 2 atom stereocenters. The van der Waals surface area contributed by atoms with Gasteiger partial charge in [-0.3, -0.25) is 0 Å². The van der Waals surface area contributed by atoms with Crippen molar-refractivity contribution in [3.63, 3.8) is 0 Å². The number of hydrogen-bond acceptors (Lipinski definition) is 3. The molecule has 1 aromatic rings. The van der Waals surface area contributed by atoms with Gasteiger partial charge in [-0.15, -0.1) is 0 Å². The zero-order valence-electron chi connectivity index (χ0n) is 11.4. The molecule has 1 aromatic carbocycles. The molecule has 0 bridgehead atoms. The summed E-state index contributed by atoms with van der Waals surface area (Å²) in [5, 5.41) is 3.48. The molecule has 0 aliphatic rings. The van der Waals surface area contributed by atoms with Crippen LogP contribution in [-0.2, 0) is 0 Å². The van der Waals surface area contributed by atoms with Gasteiger partial charge in [0.1, 0.15) is 11.5 Å². The third-order valence-electron chi connectivity index (χ3n) is 3.24. The number of nitrogens with one attached hydrogen (secondary N) is 1. The van der Waals surface area contributed by atoms with E-state index in [-0.39, 0.29) is 0 Å². The first-order valence-corrected chi connectivity index (χ1v) is 6.10. The maximum absolute atomic E-state index is 5.25. The van der Waals surface area contributed by atoms with Gasteiger partial charge >= 0.3 is 0 Å². The molecule has 0 aliphatic carbocycles. The summed E-state index contributed by atoms with van der Waals surface area (Å²) in [5.74, 6) is 2.25. The number of anilines is 1. The molecule has 1 rings (SSSR count). The SMILES string of the molecule is CCC(C)C(C)Nc1cc(OC)cc(OC)c1. The molecule has 17 heavy (non-hydrogen) atoms. The fourth-order valence-corrected chi connectivity index (χ4v) is 1.65. The molecule has 0 heterocycles. The van der Waals surface area contributed by atoms with Gasteiger partial charge in [-0.05, 0) is 12.8 Å². The fraction of sp³-hybridized carbons (Fsp3) is 0.571. The Morgan fingerprint density at radius 2 is 1.59 bits per heavy atom. The normalized spacial score (nSPS) is 13.9. The quantitative estimate of drug-likeness (QED) is 0.820. The molecule has 2 unspecified atom stereocenters. The first-order chi connectivity index (χ1) is 8.10. The lowest BCUT2D eigenvalue weighted by Gasteiger charge is -2.21. The van der Waals surface area contributed by atoms with Crippen molar-refractivity contribution in [2.24, 2.45) is 5.92 Å². The molecule has 3 heteroatoms. The van der Waals surface area contributed by atoms with Crippen molar-refractivity contribution in [1.29, 1.82) is 0 Å². The number of benzene rings is 1. The van der Waals surface area contributed by atoms with Crippen molar-refractivity contribution in [3.8, 4) is 11.5 Å². The van der Waals surface area contributed by atoms with E-state index in [0.717, 1.165) is 23.6 Å². The van der Waals surface area contributed by atoms with Crippen molar-refractivity contribution >= 4 is 5.69 Å². The Kier molecular flexibility index (Phi) is 5.13. The maximum Gasteiger partial charge on any atom is 0.124 e. The third kappa shape index (κ3) is 3.84. The topological polar surface area (TPSA) is 30.5 Å². The van der Waals surface area contributed by atoms with Crippen LogP contribution in [0, 0.1) is 5.92 Å². The van der Waals surface area contributed by atoms with E-state index < -0.39 is 0 Å². The van der Waals surface area contributed by atoms with E-state index in [0.29, 0.717) is 12.0 Å². The van der Waals surface area contributed by atoms with Gasteiger partial charge < -0.3 is 14.8 Å². The summed E-state index contributed by atoms with van der Waals surface area (Å²) in [5.41, 5.74) is 1.04. The predicted molar refractivity (Wildman–Crippen MR) is 72.1 cm³/mol. The molecular formula is C14H23NO2. The van der Waals surface area contributed by atoms with Crippen LogP contribution in [-0.4, -0.2) is 20.3 Å². The minimum atomic E-state index is 0.428. The summed E-state index contributed by atoms with van der Waals surface area (Å²) in [7, 11) is 3.33. The number of ether oxygens (including phenoxy) is 2. The van der Waals surface area contributed by atoms with Gasteiger partial charge in [-0.2, -0.15) is 0 Å². The molecule has 96 valence electrons. The highest BCUT2D eigenvalue weighted by molar-refractivity contribution is 5.54. The Balaban J connectivity index is 2.82. The minimum Gasteiger partial charge on any atom is -0.497 e. The van der Waals surface area contributed by atoms with Crippen LogP contribution in [0.1, 0.15) is 27.2 Å². The third-order valence-corrected chi connectivity index (χ3v) is 3.24. The maximum atomic E-state index is 5.25. The lowest BCUT2D eigenvalue weighted by molar-refractivity contribution is 0.394. The first-order valence-electron chi connectivity index (χ1n) is 6.10. The van der Waals surface area contributed by atoms with E-state index in [9.17, 15) is 0 Å². The second-order valence-corrected chi connectivity index (χ2v) is 4.42.